The highest BCUT2D eigenvalue weighted by Crippen LogP contribution is 2.16. The second-order valence-electron chi connectivity index (χ2n) is 5.15. The van der Waals surface area contributed by atoms with E-state index in [0.29, 0.717) is 13.2 Å². The zero-order valence-electron chi connectivity index (χ0n) is 12.0. The highest BCUT2D eigenvalue weighted by Gasteiger charge is 2.18. The number of piperazine rings is 1. The van der Waals surface area contributed by atoms with Crippen molar-refractivity contribution in [1.82, 2.24) is 9.80 Å². The number of ether oxygens (including phenoxy) is 1. The Hall–Kier alpha value is -0.620. The molecule has 1 fully saturated rings. The second kappa shape index (κ2) is 7.98. The van der Waals surface area contributed by atoms with Crippen LogP contribution in [0.2, 0.25) is 0 Å². The third-order valence-corrected chi connectivity index (χ3v) is 4.17. The lowest BCUT2D eigenvalue weighted by Crippen LogP contribution is -2.49. The average Bonchev–Trinajstić information content (AvgIpc) is 2.47. The number of hydrogen-bond donors (Lipinski definition) is 1. The summed E-state index contributed by atoms with van der Waals surface area (Å²) in [6, 6.07) is 7.67. The lowest BCUT2D eigenvalue weighted by Gasteiger charge is -2.34. The fourth-order valence-electron chi connectivity index (χ4n) is 2.36. The monoisotopic (exact) mass is 342 g/mol. The third-order valence-electron chi connectivity index (χ3n) is 3.64. The smallest absolute Gasteiger partial charge is 0.119 e. The van der Waals surface area contributed by atoms with Crippen molar-refractivity contribution in [3.63, 3.8) is 0 Å². The molecule has 0 aliphatic carbocycles. The summed E-state index contributed by atoms with van der Waals surface area (Å²) in [7, 11) is 0. The first kappa shape index (κ1) is 15.8. The van der Waals surface area contributed by atoms with Gasteiger partial charge in [0.15, 0.2) is 0 Å². The molecular formula is C15H23BrN2O2. The van der Waals surface area contributed by atoms with Crippen molar-refractivity contribution in [3.05, 3.63) is 28.7 Å². The number of benzene rings is 1. The molecule has 0 aromatic heterocycles. The first-order valence-corrected chi connectivity index (χ1v) is 7.98. The first-order chi connectivity index (χ1) is 9.67. The van der Waals surface area contributed by atoms with E-state index < -0.39 is 6.10 Å². The van der Waals surface area contributed by atoms with Gasteiger partial charge in [0.1, 0.15) is 18.5 Å². The fraction of sp³-hybridized carbons (Fsp3) is 0.600. The van der Waals surface area contributed by atoms with Crippen molar-refractivity contribution < 1.29 is 9.84 Å². The molecule has 1 unspecified atom stereocenters. The van der Waals surface area contributed by atoms with Crippen LogP contribution in [0.25, 0.3) is 0 Å². The maximum atomic E-state index is 10.1. The van der Waals surface area contributed by atoms with Gasteiger partial charge < -0.3 is 14.7 Å². The molecule has 2 rings (SSSR count). The molecule has 1 aromatic carbocycles. The quantitative estimate of drug-likeness (QED) is 0.855. The summed E-state index contributed by atoms with van der Waals surface area (Å²) in [5, 5.41) is 10.1. The summed E-state index contributed by atoms with van der Waals surface area (Å²) in [6.45, 7) is 8.59. The molecule has 1 N–H and O–H groups in total. The van der Waals surface area contributed by atoms with Gasteiger partial charge in [-0.2, -0.15) is 0 Å². The van der Waals surface area contributed by atoms with Crippen molar-refractivity contribution >= 4 is 15.9 Å². The van der Waals surface area contributed by atoms with E-state index in [1.165, 1.54) is 0 Å². The van der Waals surface area contributed by atoms with Gasteiger partial charge in [-0.1, -0.05) is 22.9 Å². The summed E-state index contributed by atoms with van der Waals surface area (Å²) >= 11 is 3.39. The molecule has 1 aliphatic heterocycles. The minimum atomic E-state index is -0.438. The lowest BCUT2D eigenvalue weighted by atomic mass is 10.2. The van der Waals surface area contributed by atoms with Crippen LogP contribution in [0, 0.1) is 0 Å². The zero-order valence-corrected chi connectivity index (χ0v) is 13.6. The van der Waals surface area contributed by atoms with Crippen LogP contribution in [0.3, 0.4) is 0 Å². The maximum Gasteiger partial charge on any atom is 0.119 e. The number of halogens is 1. The first-order valence-electron chi connectivity index (χ1n) is 7.18. The van der Waals surface area contributed by atoms with E-state index in [1.807, 2.05) is 24.3 Å². The molecule has 4 nitrogen and oxygen atoms in total. The Kier molecular flexibility index (Phi) is 6.29. The van der Waals surface area contributed by atoms with Crippen molar-refractivity contribution in [2.75, 3.05) is 45.9 Å². The van der Waals surface area contributed by atoms with E-state index >= 15 is 0 Å². The van der Waals surface area contributed by atoms with Gasteiger partial charge >= 0.3 is 0 Å². The molecule has 0 saturated carbocycles. The van der Waals surface area contributed by atoms with Gasteiger partial charge in [0.25, 0.3) is 0 Å². The van der Waals surface area contributed by atoms with Crippen molar-refractivity contribution in [1.29, 1.82) is 0 Å². The molecule has 112 valence electrons. The lowest BCUT2D eigenvalue weighted by molar-refractivity contribution is 0.0471. The van der Waals surface area contributed by atoms with Crippen LogP contribution in [0.15, 0.2) is 28.7 Å². The summed E-state index contributed by atoms with van der Waals surface area (Å²) in [6.07, 6.45) is -0.438. The van der Waals surface area contributed by atoms with Crippen molar-refractivity contribution in [3.8, 4) is 5.75 Å². The van der Waals surface area contributed by atoms with Gasteiger partial charge in [-0.15, -0.1) is 0 Å². The number of nitrogens with zero attached hydrogens (tertiary/aromatic N) is 2. The number of hydrogen-bond acceptors (Lipinski definition) is 4. The Labute approximate surface area is 129 Å². The Morgan fingerprint density at radius 3 is 2.35 bits per heavy atom. The van der Waals surface area contributed by atoms with Gasteiger partial charge in [-0.3, -0.25) is 4.90 Å². The summed E-state index contributed by atoms with van der Waals surface area (Å²) in [5.74, 6) is 0.794. The number of likely N-dealkylation sites (N-methyl/N-ethyl adjacent to an activating group) is 1. The maximum absolute atomic E-state index is 10.1. The van der Waals surface area contributed by atoms with Gasteiger partial charge in [-0.25, -0.2) is 0 Å². The van der Waals surface area contributed by atoms with Crippen molar-refractivity contribution in [2.24, 2.45) is 0 Å². The molecule has 0 spiro atoms. The summed E-state index contributed by atoms with van der Waals surface area (Å²) in [5.41, 5.74) is 0. The zero-order chi connectivity index (χ0) is 14.4. The topological polar surface area (TPSA) is 35.9 Å². The van der Waals surface area contributed by atoms with E-state index in [2.05, 4.69) is 32.7 Å². The standard InChI is InChI=1S/C15H23BrN2O2/c1-2-17-7-9-18(10-8-17)11-14(19)12-20-15-5-3-13(16)4-6-15/h3-6,14,19H,2,7-12H2,1H3. The molecule has 1 heterocycles. The molecule has 1 atom stereocenters. The van der Waals surface area contributed by atoms with Gasteiger partial charge in [-0.05, 0) is 30.8 Å². The van der Waals surface area contributed by atoms with Crippen LogP contribution in [0.4, 0.5) is 0 Å². The number of aliphatic hydroxyl groups is 1. The molecule has 0 amide bonds. The minimum Gasteiger partial charge on any atom is -0.491 e. The Morgan fingerprint density at radius 2 is 1.75 bits per heavy atom. The third kappa shape index (κ3) is 5.05. The second-order valence-corrected chi connectivity index (χ2v) is 6.07. The number of aliphatic hydroxyl groups excluding tert-OH is 1. The van der Waals surface area contributed by atoms with Crippen LogP contribution >= 0.6 is 15.9 Å². The highest BCUT2D eigenvalue weighted by atomic mass is 79.9. The van der Waals surface area contributed by atoms with E-state index in [9.17, 15) is 5.11 Å². The number of rotatable bonds is 6. The van der Waals surface area contributed by atoms with E-state index in [1.54, 1.807) is 0 Å². The van der Waals surface area contributed by atoms with Crippen LogP contribution in [-0.4, -0.2) is 66.9 Å². The van der Waals surface area contributed by atoms with Gasteiger partial charge in [0, 0.05) is 37.2 Å². The minimum absolute atomic E-state index is 0.343. The molecule has 0 radical (unpaired) electrons. The van der Waals surface area contributed by atoms with Crippen LogP contribution < -0.4 is 4.74 Å². The Bertz CT molecular complexity index is 391. The molecule has 1 aliphatic rings. The predicted octanol–water partition coefficient (Wildman–Crippen LogP) is 1.83. The molecule has 20 heavy (non-hydrogen) atoms. The SMILES string of the molecule is CCN1CCN(CC(O)COc2ccc(Br)cc2)CC1. The summed E-state index contributed by atoms with van der Waals surface area (Å²) < 4.78 is 6.63. The van der Waals surface area contributed by atoms with Gasteiger partial charge in [0.05, 0.1) is 0 Å². The van der Waals surface area contributed by atoms with Crippen molar-refractivity contribution in [2.45, 2.75) is 13.0 Å². The van der Waals surface area contributed by atoms with E-state index in [4.69, 9.17) is 4.74 Å². The van der Waals surface area contributed by atoms with Crippen LogP contribution in [0.1, 0.15) is 6.92 Å². The molecule has 1 aromatic rings. The van der Waals surface area contributed by atoms with E-state index in [0.717, 1.165) is 42.9 Å². The normalized spacial score (nSPS) is 18.9. The highest BCUT2D eigenvalue weighted by molar-refractivity contribution is 9.10. The van der Waals surface area contributed by atoms with Gasteiger partial charge in [0.2, 0.25) is 0 Å². The molecule has 5 heteroatoms. The Balaban J connectivity index is 1.68. The number of β-amino-alcohol motifs (C(OH)–C–C–N with tert-alkyl or cyclic N) is 1. The Morgan fingerprint density at radius 1 is 1.15 bits per heavy atom. The molecule has 0 bridgehead atoms. The average molecular weight is 343 g/mol. The summed E-state index contributed by atoms with van der Waals surface area (Å²) in [4.78, 5) is 4.74. The largest absolute Gasteiger partial charge is 0.491 e. The van der Waals surface area contributed by atoms with Crippen LogP contribution in [0.5, 0.6) is 5.75 Å². The molecular weight excluding hydrogens is 320 g/mol. The fourth-order valence-corrected chi connectivity index (χ4v) is 2.63. The molecule has 1 saturated heterocycles. The van der Waals surface area contributed by atoms with Crippen LogP contribution in [-0.2, 0) is 0 Å². The predicted molar refractivity (Wildman–Crippen MR) is 84.2 cm³/mol. The van der Waals surface area contributed by atoms with E-state index in [-0.39, 0.29) is 0 Å².